The second kappa shape index (κ2) is 17.3. The molecule has 1 unspecified atom stereocenters. The molecule has 212 valence electrons. The Balaban J connectivity index is 1.78. The third-order valence-electron chi connectivity index (χ3n) is 6.87. The van der Waals surface area contributed by atoms with E-state index in [4.69, 9.17) is 0 Å². The first-order chi connectivity index (χ1) is 20.0. The fourth-order valence-corrected chi connectivity index (χ4v) is 4.19. The van der Waals surface area contributed by atoms with Crippen LogP contribution in [0.3, 0.4) is 0 Å². The first-order valence-corrected chi connectivity index (χ1v) is 14.6. The number of unbranched alkanes of at least 4 members (excludes halogenated alkanes) is 5. The number of rotatable bonds is 12. The van der Waals surface area contributed by atoms with Gasteiger partial charge in [0.05, 0.1) is 0 Å². The van der Waals surface area contributed by atoms with Crippen LogP contribution >= 0.6 is 0 Å². The van der Waals surface area contributed by atoms with E-state index in [-0.39, 0.29) is 17.7 Å². The molecule has 6 heteroatoms. The molecule has 0 aliphatic carbocycles. The number of hydrogen-bond donors (Lipinski definition) is 2. The van der Waals surface area contributed by atoms with Gasteiger partial charge in [-0.05, 0) is 66.6 Å². The van der Waals surface area contributed by atoms with Crippen LogP contribution in [0.15, 0.2) is 67.0 Å². The number of nitrogens with one attached hydrogen (secondary N) is 2. The normalized spacial score (nSPS) is 11.7. The Morgan fingerprint density at radius 2 is 1.41 bits per heavy atom. The summed E-state index contributed by atoms with van der Waals surface area (Å²) in [6, 6.07) is 15.7. The fourth-order valence-electron chi connectivity index (χ4n) is 4.19. The molecule has 0 aliphatic rings. The number of pyridine rings is 2. The molecule has 0 fully saturated rings. The number of hydrogen-bond acceptors (Lipinski definition) is 4. The molecule has 0 radical (unpaired) electrons. The summed E-state index contributed by atoms with van der Waals surface area (Å²) in [5, 5.41) is 6.00. The topological polar surface area (TPSA) is 84.0 Å². The molecule has 6 nitrogen and oxygen atoms in total. The largest absolute Gasteiger partial charge is 0.354 e. The summed E-state index contributed by atoms with van der Waals surface area (Å²) in [6.07, 6.45) is 11.1. The second-order valence-electron chi connectivity index (χ2n) is 10.1. The van der Waals surface area contributed by atoms with E-state index in [1.54, 1.807) is 30.6 Å². The van der Waals surface area contributed by atoms with Gasteiger partial charge in [0, 0.05) is 35.6 Å². The molecular weight excluding hydrogens is 508 g/mol. The molecule has 2 heterocycles. The Morgan fingerprint density at radius 3 is 2.02 bits per heavy atom. The lowest BCUT2D eigenvalue weighted by molar-refractivity contribution is -0.124. The van der Waals surface area contributed by atoms with Crippen LogP contribution in [0.2, 0.25) is 0 Å². The summed E-state index contributed by atoms with van der Waals surface area (Å²) in [5.74, 6) is 11.9. The standard InChI is InChI=1S/C35H40N4O2/c1-4-6-7-8-9-12-25-38-35(41)33(27(3)5-2)39-34(40)30-18-17-28(19-21-31-15-10-13-23-36-31)29(26-30)20-22-32-16-11-14-24-37-32/h10-11,13-18,23-24,26-27,33H,4-9,12,25H2,1-3H3,(H,38,41)(H,39,40)/t27?,33-/m0/s1. The highest BCUT2D eigenvalue weighted by Crippen LogP contribution is 2.14. The zero-order valence-corrected chi connectivity index (χ0v) is 24.4. The van der Waals surface area contributed by atoms with Gasteiger partial charge in [0.25, 0.3) is 5.91 Å². The molecule has 3 aromatic rings. The maximum Gasteiger partial charge on any atom is 0.251 e. The van der Waals surface area contributed by atoms with Gasteiger partial charge in [-0.2, -0.15) is 0 Å². The first kappa shape index (κ1) is 31.1. The number of carbonyl (C=O) groups excluding carboxylic acids is 2. The quantitative estimate of drug-likeness (QED) is 0.218. The van der Waals surface area contributed by atoms with E-state index >= 15 is 0 Å². The molecule has 0 aliphatic heterocycles. The van der Waals surface area contributed by atoms with Crippen LogP contribution in [0.1, 0.15) is 98.6 Å². The molecule has 0 bridgehead atoms. The van der Waals surface area contributed by atoms with Gasteiger partial charge in [0.2, 0.25) is 5.91 Å². The third-order valence-corrected chi connectivity index (χ3v) is 6.87. The molecule has 3 rings (SSSR count). The van der Waals surface area contributed by atoms with Crippen molar-refractivity contribution < 1.29 is 9.59 Å². The van der Waals surface area contributed by atoms with E-state index < -0.39 is 6.04 Å². The van der Waals surface area contributed by atoms with Crippen molar-refractivity contribution in [2.24, 2.45) is 5.92 Å². The Labute approximate surface area is 244 Å². The minimum atomic E-state index is -0.626. The Bertz CT molecular complexity index is 1380. The minimum absolute atomic E-state index is 0.0181. The molecule has 0 saturated heterocycles. The predicted molar refractivity (Wildman–Crippen MR) is 164 cm³/mol. The van der Waals surface area contributed by atoms with E-state index in [0.717, 1.165) is 19.3 Å². The van der Waals surface area contributed by atoms with Crippen LogP contribution in [-0.2, 0) is 4.79 Å². The summed E-state index contributed by atoms with van der Waals surface area (Å²) in [4.78, 5) is 35.0. The zero-order valence-electron chi connectivity index (χ0n) is 24.4. The molecule has 2 N–H and O–H groups in total. The number of aromatic nitrogens is 2. The molecule has 41 heavy (non-hydrogen) atoms. The van der Waals surface area contributed by atoms with Crippen molar-refractivity contribution in [3.63, 3.8) is 0 Å². The van der Waals surface area contributed by atoms with Crippen molar-refractivity contribution in [3.8, 4) is 23.7 Å². The number of carbonyl (C=O) groups is 2. The Kier molecular flexibility index (Phi) is 13.1. The van der Waals surface area contributed by atoms with Crippen LogP contribution in [0, 0.1) is 29.6 Å². The van der Waals surface area contributed by atoms with Gasteiger partial charge in [0.1, 0.15) is 17.4 Å². The third kappa shape index (κ3) is 10.6. The number of amides is 2. The van der Waals surface area contributed by atoms with E-state index in [9.17, 15) is 9.59 Å². The van der Waals surface area contributed by atoms with Crippen molar-refractivity contribution in [2.45, 2.75) is 71.8 Å². The van der Waals surface area contributed by atoms with Crippen LogP contribution in [0.5, 0.6) is 0 Å². The molecule has 0 saturated carbocycles. The van der Waals surface area contributed by atoms with Crippen LogP contribution in [0.4, 0.5) is 0 Å². The van der Waals surface area contributed by atoms with Crippen molar-refractivity contribution in [1.29, 1.82) is 0 Å². The minimum Gasteiger partial charge on any atom is -0.354 e. The van der Waals surface area contributed by atoms with Crippen molar-refractivity contribution in [3.05, 3.63) is 95.1 Å². The van der Waals surface area contributed by atoms with E-state index in [2.05, 4.69) is 51.2 Å². The Morgan fingerprint density at radius 1 is 0.780 bits per heavy atom. The lowest BCUT2D eigenvalue weighted by Gasteiger charge is -2.23. The van der Waals surface area contributed by atoms with Crippen LogP contribution < -0.4 is 10.6 Å². The highest BCUT2D eigenvalue weighted by Gasteiger charge is 2.26. The number of benzene rings is 1. The molecule has 2 amide bonds. The predicted octanol–water partition coefficient (Wildman–Crippen LogP) is 5.90. The molecule has 2 atom stereocenters. The van der Waals surface area contributed by atoms with Crippen molar-refractivity contribution in [2.75, 3.05) is 6.54 Å². The molecule has 1 aromatic carbocycles. The lowest BCUT2D eigenvalue weighted by atomic mass is 9.97. The van der Waals surface area contributed by atoms with E-state index in [1.165, 1.54) is 25.7 Å². The SMILES string of the molecule is CCCCCCCCNC(=O)[C@@H](NC(=O)c1ccc(C#Cc2ccccn2)c(C#Cc2ccccn2)c1)C(C)CC. The van der Waals surface area contributed by atoms with Gasteiger partial charge in [-0.1, -0.05) is 83.3 Å². The lowest BCUT2D eigenvalue weighted by Crippen LogP contribution is -2.50. The van der Waals surface area contributed by atoms with Gasteiger partial charge < -0.3 is 10.6 Å². The van der Waals surface area contributed by atoms with Crippen LogP contribution in [-0.4, -0.2) is 34.4 Å². The Hall–Kier alpha value is -4.42. The van der Waals surface area contributed by atoms with Crippen LogP contribution in [0.25, 0.3) is 0 Å². The van der Waals surface area contributed by atoms with Gasteiger partial charge in [-0.25, -0.2) is 9.97 Å². The highest BCUT2D eigenvalue weighted by molar-refractivity contribution is 5.98. The van der Waals surface area contributed by atoms with E-state index in [1.807, 2.05) is 50.2 Å². The van der Waals surface area contributed by atoms with E-state index in [0.29, 0.717) is 34.6 Å². The van der Waals surface area contributed by atoms with Gasteiger partial charge in [0.15, 0.2) is 0 Å². The first-order valence-electron chi connectivity index (χ1n) is 14.6. The average molecular weight is 549 g/mol. The highest BCUT2D eigenvalue weighted by atomic mass is 16.2. The molecular formula is C35H40N4O2. The maximum absolute atomic E-state index is 13.4. The average Bonchev–Trinajstić information content (AvgIpc) is 3.01. The van der Waals surface area contributed by atoms with Gasteiger partial charge in [-0.3, -0.25) is 9.59 Å². The maximum atomic E-state index is 13.4. The van der Waals surface area contributed by atoms with Crippen molar-refractivity contribution >= 4 is 11.8 Å². The summed E-state index contributed by atoms with van der Waals surface area (Å²) < 4.78 is 0. The monoisotopic (exact) mass is 548 g/mol. The van der Waals surface area contributed by atoms with Gasteiger partial charge in [-0.15, -0.1) is 0 Å². The summed E-state index contributed by atoms with van der Waals surface area (Å²) in [5.41, 5.74) is 2.94. The molecule has 2 aromatic heterocycles. The zero-order chi connectivity index (χ0) is 29.3. The van der Waals surface area contributed by atoms with Gasteiger partial charge >= 0.3 is 0 Å². The summed E-state index contributed by atoms with van der Waals surface area (Å²) in [7, 11) is 0. The van der Waals surface area contributed by atoms with Crippen molar-refractivity contribution in [1.82, 2.24) is 20.6 Å². The summed E-state index contributed by atoms with van der Waals surface area (Å²) in [6.45, 7) is 6.82. The second-order valence-corrected chi connectivity index (χ2v) is 10.1. The molecule has 0 spiro atoms. The summed E-state index contributed by atoms with van der Waals surface area (Å²) >= 11 is 0. The smallest absolute Gasteiger partial charge is 0.251 e. The number of nitrogens with zero attached hydrogens (tertiary/aromatic N) is 2. The fraction of sp³-hybridized carbons (Fsp3) is 0.371.